The third kappa shape index (κ3) is 5.28. The van der Waals surface area contributed by atoms with E-state index in [4.69, 9.17) is 4.74 Å². The smallest absolute Gasteiger partial charge is 0.262 e. The van der Waals surface area contributed by atoms with Gasteiger partial charge in [0.25, 0.3) is 11.8 Å². The zero-order valence-electron chi connectivity index (χ0n) is 17.1. The van der Waals surface area contributed by atoms with Gasteiger partial charge in [-0.3, -0.25) is 9.59 Å². The number of anilines is 2. The summed E-state index contributed by atoms with van der Waals surface area (Å²) in [5, 5.41) is 7.82. The fraction of sp³-hybridized carbons (Fsp3) is 0.0769. The average molecular weight is 410 g/mol. The third-order valence-corrected chi connectivity index (χ3v) is 4.80. The predicted molar refractivity (Wildman–Crippen MR) is 124 cm³/mol. The van der Waals surface area contributed by atoms with Crippen molar-refractivity contribution < 1.29 is 14.3 Å². The molecular weight excluding hydrogens is 388 g/mol. The Balaban J connectivity index is 1.30. The lowest BCUT2D eigenvalue weighted by molar-refractivity contribution is -0.118. The number of hydrogen-bond donors (Lipinski definition) is 2. The molecule has 4 aromatic rings. The van der Waals surface area contributed by atoms with E-state index >= 15 is 0 Å². The predicted octanol–water partition coefficient (Wildman–Crippen LogP) is 5.42. The van der Waals surface area contributed by atoms with Crippen molar-refractivity contribution in [3.05, 3.63) is 102 Å². The third-order valence-electron chi connectivity index (χ3n) is 4.80. The highest BCUT2D eigenvalue weighted by molar-refractivity contribution is 6.04. The zero-order chi connectivity index (χ0) is 21.6. The van der Waals surface area contributed by atoms with Crippen molar-refractivity contribution in [2.75, 3.05) is 17.2 Å². The van der Waals surface area contributed by atoms with Gasteiger partial charge in [0.2, 0.25) is 0 Å². The molecule has 5 heteroatoms. The van der Waals surface area contributed by atoms with E-state index in [0.717, 1.165) is 16.3 Å². The Bertz CT molecular complexity index is 1230. The number of carbonyl (C=O) groups is 2. The molecule has 31 heavy (non-hydrogen) atoms. The second kappa shape index (κ2) is 9.13. The van der Waals surface area contributed by atoms with Crippen LogP contribution in [0.25, 0.3) is 10.8 Å². The molecular formula is C26H22N2O3. The van der Waals surface area contributed by atoms with E-state index in [9.17, 15) is 9.59 Å². The summed E-state index contributed by atoms with van der Waals surface area (Å²) in [6.45, 7) is 1.85. The van der Waals surface area contributed by atoms with Crippen LogP contribution >= 0.6 is 0 Å². The lowest BCUT2D eigenvalue weighted by Crippen LogP contribution is -2.20. The van der Waals surface area contributed by atoms with Gasteiger partial charge in [0.1, 0.15) is 5.75 Å². The summed E-state index contributed by atoms with van der Waals surface area (Å²) >= 11 is 0. The second-order valence-electron chi connectivity index (χ2n) is 7.25. The average Bonchev–Trinajstić information content (AvgIpc) is 2.79. The minimum atomic E-state index is -0.260. The molecule has 0 saturated heterocycles. The van der Waals surface area contributed by atoms with Crippen LogP contribution < -0.4 is 15.4 Å². The molecule has 2 N–H and O–H groups in total. The van der Waals surface area contributed by atoms with E-state index in [0.29, 0.717) is 22.7 Å². The fourth-order valence-electron chi connectivity index (χ4n) is 3.23. The number of amides is 2. The van der Waals surface area contributed by atoms with Gasteiger partial charge in [-0.15, -0.1) is 0 Å². The van der Waals surface area contributed by atoms with Crippen LogP contribution in [0.3, 0.4) is 0 Å². The fourth-order valence-corrected chi connectivity index (χ4v) is 3.23. The van der Waals surface area contributed by atoms with E-state index < -0.39 is 0 Å². The molecule has 4 rings (SSSR count). The van der Waals surface area contributed by atoms with Crippen LogP contribution in [0.15, 0.2) is 91.0 Å². The number of fused-ring (bicyclic) bond motifs is 1. The molecule has 0 aliphatic heterocycles. The number of ether oxygens (including phenoxy) is 1. The van der Waals surface area contributed by atoms with Gasteiger partial charge in [-0.1, -0.05) is 48.0 Å². The second-order valence-corrected chi connectivity index (χ2v) is 7.25. The summed E-state index contributed by atoms with van der Waals surface area (Å²) in [5.41, 5.74) is 2.90. The number of carbonyl (C=O) groups excluding carboxylic acids is 2. The van der Waals surface area contributed by atoms with Crippen molar-refractivity contribution in [3.63, 3.8) is 0 Å². The SMILES string of the molecule is Cc1cccc(C(=O)Nc2ccc(NC(=O)COc3ccc4ccccc4c3)cc2)c1. The highest BCUT2D eigenvalue weighted by Crippen LogP contribution is 2.21. The van der Waals surface area contributed by atoms with Gasteiger partial charge in [0.15, 0.2) is 6.61 Å². The van der Waals surface area contributed by atoms with Crippen molar-refractivity contribution >= 4 is 34.0 Å². The van der Waals surface area contributed by atoms with Gasteiger partial charge in [-0.05, 0) is 66.2 Å². The highest BCUT2D eigenvalue weighted by atomic mass is 16.5. The Morgan fingerprint density at radius 1 is 0.742 bits per heavy atom. The number of aryl methyl sites for hydroxylation is 1. The van der Waals surface area contributed by atoms with Crippen molar-refractivity contribution in [1.29, 1.82) is 0 Å². The summed E-state index contributed by atoms with van der Waals surface area (Å²) in [6, 6.07) is 28.1. The Morgan fingerprint density at radius 2 is 1.45 bits per heavy atom. The maximum absolute atomic E-state index is 12.3. The molecule has 0 fully saturated rings. The number of benzene rings is 4. The molecule has 0 saturated carbocycles. The van der Waals surface area contributed by atoms with Crippen LogP contribution in [0, 0.1) is 6.92 Å². The monoisotopic (exact) mass is 410 g/mol. The first-order valence-corrected chi connectivity index (χ1v) is 9.96. The van der Waals surface area contributed by atoms with Crippen molar-refractivity contribution in [3.8, 4) is 5.75 Å². The lowest BCUT2D eigenvalue weighted by atomic mass is 10.1. The Morgan fingerprint density at radius 3 is 2.19 bits per heavy atom. The first-order chi connectivity index (χ1) is 15.1. The van der Waals surface area contributed by atoms with Crippen LogP contribution in [0.1, 0.15) is 15.9 Å². The van der Waals surface area contributed by atoms with Crippen molar-refractivity contribution in [2.24, 2.45) is 0 Å². The minimum Gasteiger partial charge on any atom is -0.484 e. The molecule has 154 valence electrons. The molecule has 0 atom stereocenters. The number of nitrogens with one attached hydrogen (secondary N) is 2. The van der Waals surface area contributed by atoms with Gasteiger partial charge in [-0.25, -0.2) is 0 Å². The largest absolute Gasteiger partial charge is 0.484 e. The van der Waals surface area contributed by atoms with Gasteiger partial charge in [-0.2, -0.15) is 0 Å². The normalized spacial score (nSPS) is 10.5. The first-order valence-electron chi connectivity index (χ1n) is 9.96. The van der Waals surface area contributed by atoms with E-state index in [1.807, 2.05) is 67.6 Å². The molecule has 5 nitrogen and oxygen atoms in total. The van der Waals surface area contributed by atoms with Gasteiger partial charge in [0, 0.05) is 16.9 Å². The number of rotatable bonds is 6. The van der Waals surface area contributed by atoms with Crippen LogP contribution in [0.5, 0.6) is 5.75 Å². The number of hydrogen-bond acceptors (Lipinski definition) is 3. The van der Waals surface area contributed by atoms with Crippen LogP contribution in [0.4, 0.5) is 11.4 Å². The van der Waals surface area contributed by atoms with Crippen LogP contribution in [-0.4, -0.2) is 18.4 Å². The Labute approximate surface area is 180 Å². The first kappa shape index (κ1) is 20.2. The Hall–Kier alpha value is -4.12. The highest BCUT2D eigenvalue weighted by Gasteiger charge is 2.08. The van der Waals surface area contributed by atoms with E-state index in [2.05, 4.69) is 10.6 Å². The summed E-state index contributed by atoms with van der Waals surface area (Å²) in [4.78, 5) is 24.6. The van der Waals surface area contributed by atoms with E-state index in [1.54, 1.807) is 30.3 Å². The van der Waals surface area contributed by atoms with Gasteiger partial charge < -0.3 is 15.4 Å². The molecule has 0 aliphatic carbocycles. The molecule has 0 spiro atoms. The van der Waals surface area contributed by atoms with E-state index in [1.165, 1.54) is 0 Å². The Kier molecular flexibility index (Phi) is 5.94. The standard InChI is InChI=1S/C26H22N2O3/c1-18-5-4-8-21(15-18)26(30)28-23-12-10-22(11-13-23)27-25(29)17-31-24-14-9-19-6-2-3-7-20(19)16-24/h2-16H,17H2,1H3,(H,27,29)(H,28,30). The molecule has 0 unspecified atom stereocenters. The minimum absolute atomic E-state index is 0.0931. The van der Waals surface area contributed by atoms with Gasteiger partial charge in [0.05, 0.1) is 0 Å². The van der Waals surface area contributed by atoms with Crippen LogP contribution in [0.2, 0.25) is 0 Å². The zero-order valence-corrected chi connectivity index (χ0v) is 17.1. The molecule has 0 bridgehead atoms. The quantitative estimate of drug-likeness (QED) is 0.446. The maximum Gasteiger partial charge on any atom is 0.262 e. The maximum atomic E-state index is 12.3. The van der Waals surface area contributed by atoms with E-state index in [-0.39, 0.29) is 18.4 Å². The molecule has 2 amide bonds. The molecule has 0 aliphatic rings. The van der Waals surface area contributed by atoms with Crippen LogP contribution in [-0.2, 0) is 4.79 Å². The molecule has 0 aromatic heterocycles. The topological polar surface area (TPSA) is 67.4 Å². The molecule has 4 aromatic carbocycles. The summed E-state index contributed by atoms with van der Waals surface area (Å²) in [7, 11) is 0. The lowest BCUT2D eigenvalue weighted by Gasteiger charge is -2.10. The molecule has 0 radical (unpaired) electrons. The summed E-state index contributed by atoms with van der Waals surface area (Å²) < 4.78 is 5.61. The molecule has 0 heterocycles. The summed E-state index contributed by atoms with van der Waals surface area (Å²) in [5.74, 6) is 0.206. The van der Waals surface area contributed by atoms with Crippen molar-refractivity contribution in [1.82, 2.24) is 0 Å². The summed E-state index contributed by atoms with van der Waals surface area (Å²) in [6.07, 6.45) is 0. The van der Waals surface area contributed by atoms with Crippen molar-refractivity contribution in [2.45, 2.75) is 6.92 Å². The van der Waals surface area contributed by atoms with Gasteiger partial charge >= 0.3 is 0 Å².